The van der Waals surface area contributed by atoms with Crippen LogP contribution in [0.5, 0.6) is 0 Å². The first-order valence-electron chi connectivity index (χ1n) is 7.33. The Morgan fingerprint density at radius 2 is 2.00 bits per heavy atom. The van der Waals surface area contributed by atoms with E-state index in [1.807, 2.05) is 11.3 Å². The van der Waals surface area contributed by atoms with Gasteiger partial charge in [-0.3, -0.25) is 0 Å². The second-order valence-electron chi connectivity index (χ2n) is 6.86. The molecule has 0 amide bonds. The van der Waals surface area contributed by atoms with Crippen molar-refractivity contribution < 1.29 is 0 Å². The van der Waals surface area contributed by atoms with Gasteiger partial charge in [-0.15, -0.1) is 11.3 Å². The van der Waals surface area contributed by atoms with E-state index in [1.165, 1.54) is 43.4 Å². The van der Waals surface area contributed by atoms with Crippen LogP contribution >= 0.6 is 11.3 Å². The van der Waals surface area contributed by atoms with E-state index in [4.69, 9.17) is 5.73 Å². The van der Waals surface area contributed by atoms with Gasteiger partial charge in [-0.25, -0.2) is 0 Å². The predicted octanol–water partition coefficient (Wildman–Crippen LogP) is 4.84. The fourth-order valence-electron chi connectivity index (χ4n) is 2.69. The molecule has 1 aromatic heterocycles. The van der Waals surface area contributed by atoms with Crippen molar-refractivity contribution in [1.82, 2.24) is 0 Å². The minimum Gasteiger partial charge on any atom is -0.323 e. The molecule has 0 aromatic carbocycles. The van der Waals surface area contributed by atoms with E-state index < -0.39 is 0 Å². The minimum atomic E-state index is 0.267. The summed E-state index contributed by atoms with van der Waals surface area (Å²) < 4.78 is 0. The molecule has 2 heteroatoms. The summed E-state index contributed by atoms with van der Waals surface area (Å²) >= 11 is 1.98. The van der Waals surface area contributed by atoms with Gasteiger partial charge in [-0.2, -0.15) is 0 Å². The molecule has 0 aliphatic heterocycles. The highest BCUT2D eigenvalue weighted by Crippen LogP contribution is 2.34. The van der Waals surface area contributed by atoms with Crippen molar-refractivity contribution in [2.75, 3.05) is 0 Å². The van der Waals surface area contributed by atoms with Crippen LogP contribution in [0.2, 0.25) is 0 Å². The molecule has 1 atom stereocenters. The van der Waals surface area contributed by atoms with Gasteiger partial charge in [0.05, 0.1) is 0 Å². The fraction of sp³-hybridized carbons (Fsp3) is 0.750. The molecule has 2 rings (SSSR count). The maximum Gasteiger partial charge on any atom is 0.0389 e. The van der Waals surface area contributed by atoms with Crippen molar-refractivity contribution in [2.24, 2.45) is 11.1 Å². The molecule has 2 N–H and O–H groups in total. The molecule has 18 heavy (non-hydrogen) atoms. The van der Waals surface area contributed by atoms with E-state index in [0.29, 0.717) is 5.41 Å². The van der Waals surface area contributed by atoms with Crippen LogP contribution in [0, 0.1) is 5.41 Å². The molecule has 1 unspecified atom stereocenters. The number of hydrogen-bond donors (Lipinski definition) is 1. The lowest BCUT2D eigenvalue weighted by Crippen LogP contribution is -2.11. The lowest BCUT2D eigenvalue weighted by molar-refractivity contribution is 0.354. The van der Waals surface area contributed by atoms with Crippen LogP contribution in [0.25, 0.3) is 0 Å². The SMILES string of the molecule is CC(C)(C)CCCC(N)c1cc2c(s1)CCCC2. The molecule has 0 bridgehead atoms. The fourth-order valence-corrected chi connectivity index (χ4v) is 3.98. The second kappa shape index (κ2) is 5.75. The average molecular weight is 265 g/mol. The zero-order chi connectivity index (χ0) is 13.2. The molecular weight excluding hydrogens is 238 g/mol. The van der Waals surface area contributed by atoms with Crippen LogP contribution < -0.4 is 5.73 Å². The Bertz CT molecular complexity index is 363. The van der Waals surface area contributed by atoms with Crippen molar-refractivity contribution >= 4 is 11.3 Å². The Morgan fingerprint density at radius 1 is 1.28 bits per heavy atom. The lowest BCUT2D eigenvalue weighted by Gasteiger charge is -2.19. The van der Waals surface area contributed by atoms with Gasteiger partial charge in [-0.05, 0) is 55.6 Å². The highest BCUT2D eigenvalue weighted by molar-refractivity contribution is 7.12. The van der Waals surface area contributed by atoms with Gasteiger partial charge < -0.3 is 5.73 Å². The van der Waals surface area contributed by atoms with Crippen LogP contribution in [0.15, 0.2) is 6.07 Å². The first kappa shape index (κ1) is 14.1. The summed E-state index contributed by atoms with van der Waals surface area (Å²) in [6, 6.07) is 2.66. The third-order valence-corrected chi connectivity index (χ3v) is 5.19. The normalized spacial score (nSPS) is 17.6. The second-order valence-corrected chi connectivity index (χ2v) is 8.03. The van der Waals surface area contributed by atoms with Gasteiger partial charge in [0.2, 0.25) is 0 Å². The summed E-state index contributed by atoms with van der Waals surface area (Å²) in [7, 11) is 0. The Morgan fingerprint density at radius 3 is 2.67 bits per heavy atom. The third-order valence-electron chi connectivity index (χ3n) is 3.82. The zero-order valence-corrected chi connectivity index (χ0v) is 12.9. The van der Waals surface area contributed by atoms with Crippen molar-refractivity contribution in [2.45, 2.75) is 71.8 Å². The molecule has 1 aliphatic rings. The number of aryl methyl sites for hydroxylation is 2. The van der Waals surface area contributed by atoms with E-state index >= 15 is 0 Å². The highest BCUT2D eigenvalue weighted by atomic mass is 32.1. The van der Waals surface area contributed by atoms with Crippen LogP contribution in [-0.4, -0.2) is 0 Å². The van der Waals surface area contributed by atoms with Crippen LogP contribution in [0.3, 0.4) is 0 Å². The van der Waals surface area contributed by atoms with E-state index in [-0.39, 0.29) is 6.04 Å². The van der Waals surface area contributed by atoms with Gasteiger partial charge in [-0.1, -0.05) is 27.2 Å². The van der Waals surface area contributed by atoms with Crippen LogP contribution in [0.1, 0.15) is 74.2 Å². The predicted molar refractivity (Wildman–Crippen MR) is 81.2 cm³/mol. The Kier molecular flexibility index (Phi) is 4.50. The molecule has 0 spiro atoms. The number of hydrogen-bond acceptors (Lipinski definition) is 2. The monoisotopic (exact) mass is 265 g/mol. The summed E-state index contributed by atoms with van der Waals surface area (Å²) in [6.07, 6.45) is 8.94. The van der Waals surface area contributed by atoms with Crippen molar-refractivity contribution in [3.05, 3.63) is 21.4 Å². The summed E-state index contributed by atoms with van der Waals surface area (Å²) in [6.45, 7) is 6.92. The molecule has 0 radical (unpaired) electrons. The third kappa shape index (κ3) is 3.83. The summed E-state index contributed by atoms with van der Waals surface area (Å²) in [5, 5.41) is 0. The smallest absolute Gasteiger partial charge is 0.0389 e. The maximum atomic E-state index is 6.35. The molecule has 1 heterocycles. The quantitative estimate of drug-likeness (QED) is 0.828. The number of nitrogens with two attached hydrogens (primary N) is 1. The van der Waals surface area contributed by atoms with E-state index in [2.05, 4.69) is 26.8 Å². The number of rotatable bonds is 4. The first-order valence-corrected chi connectivity index (χ1v) is 8.14. The lowest BCUT2D eigenvalue weighted by atomic mass is 9.89. The Labute approximate surface area is 116 Å². The van der Waals surface area contributed by atoms with E-state index in [9.17, 15) is 0 Å². The van der Waals surface area contributed by atoms with Crippen LogP contribution in [-0.2, 0) is 12.8 Å². The van der Waals surface area contributed by atoms with Gasteiger partial charge in [0.25, 0.3) is 0 Å². The van der Waals surface area contributed by atoms with Gasteiger partial charge in [0, 0.05) is 15.8 Å². The highest BCUT2D eigenvalue weighted by Gasteiger charge is 2.17. The Hall–Kier alpha value is -0.340. The summed E-state index contributed by atoms with van der Waals surface area (Å²) in [5.41, 5.74) is 8.38. The van der Waals surface area contributed by atoms with Gasteiger partial charge >= 0.3 is 0 Å². The molecule has 1 nitrogen and oxygen atoms in total. The molecule has 1 aliphatic carbocycles. The molecule has 0 saturated carbocycles. The summed E-state index contributed by atoms with van der Waals surface area (Å²) in [4.78, 5) is 3.04. The van der Waals surface area contributed by atoms with Gasteiger partial charge in [0.1, 0.15) is 0 Å². The standard InChI is InChI=1S/C16H27NS/c1-16(2,3)10-6-8-13(17)15-11-12-7-4-5-9-14(12)18-15/h11,13H,4-10,17H2,1-3H3. The molecular formula is C16H27NS. The molecule has 0 saturated heterocycles. The molecule has 102 valence electrons. The summed E-state index contributed by atoms with van der Waals surface area (Å²) in [5.74, 6) is 0. The number of fused-ring (bicyclic) bond motifs is 1. The molecule has 1 aromatic rings. The van der Waals surface area contributed by atoms with Gasteiger partial charge in [0.15, 0.2) is 0 Å². The number of thiophene rings is 1. The minimum absolute atomic E-state index is 0.267. The van der Waals surface area contributed by atoms with E-state index in [1.54, 1.807) is 10.4 Å². The van der Waals surface area contributed by atoms with Crippen molar-refractivity contribution in [1.29, 1.82) is 0 Å². The zero-order valence-electron chi connectivity index (χ0n) is 12.1. The average Bonchev–Trinajstić information content (AvgIpc) is 2.70. The van der Waals surface area contributed by atoms with E-state index in [0.717, 1.165) is 6.42 Å². The molecule has 0 fully saturated rings. The van der Waals surface area contributed by atoms with Crippen molar-refractivity contribution in [3.8, 4) is 0 Å². The van der Waals surface area contributed by atoms with Crippen LogP contribution in [0.4, 0.5) is 0 Å². The first-order chi connectivity index (χ1) is 8.46. The maximum absolute atomic E-state index is 6.35. The topological polar surface area (TPSA) is 26.0 Å². The Balaban J connectivity index is 1.89. The van der Waals surface area contributed by atoms with Crippen molar-refractivity contribution in [3.63, 3.8) is 0 Å². The largest absolute Gasteiger partial charge is 0.323 e.